The summed E-state index contributed by atoms with van der Waals surface area (Å²) in [6.07, 6.45) is -4.95. The van der Waals surface area contributed by atoms with Crippen molar-refractivity contribution in [1.82, 2.24) is 20.9 Å². The summed E-state index contributed by atoms with van der Waals surface area (Å²) in [6.45, 7) is -0.213. The highest BCUT2D eigenvalue weighted by Gasteiger charge is 2.38. The van der Waals surface area contributed by atoms with E-state index in [1.54, 1.807) is 72.8 Å². The van der Waals surface area contributed by atoms with Gasteiger partial charge in [-0.05, 0) is 42.2 Å². The Bertz CT molecular complexity index is 1890. The van der Waals surface area contributed by atoms with Crippen molar-refractivity contribution in [3.05, 3.63) is 102 Å². The number of carbonyl (C=O) groups is 6. The fraction of sp³-hybridized carbons (Fsp3) is 0.333. The Morgan fingerprint density at radius 1 is 0.810 bits per heavy atom. The Hall–Kier alpha value is -5.86. The van der Waals surface area contributed by atoms with Crippen molar-refractivity contribution >= 4 is 43.3 Å². The van der Waals surface area contributed by atoms with Crippen molar-refractivity contribution < 1.29 is 70.7 Å². The quantitative estimate of drug-likeness (QED) is 0.0780. The van der Waals surface area contributed by atoms with E-state index >= 15 is 0 Å². The second kappa shape index (κ2) is 22.8. The standard InChI is InChI=1S/C34H43N6O10P.C2HF3O2/c1-22(38-33(45)27(35)17-24-13-15-26(41)16-14-24)32(44)37-19-30(42)40(2)29(18-23-9-5-3-6-10-23)34(46)39-28(31(36)43)21-50-51(47,48)49-20-25-11-7-4-8-12-25;3-2(4,5)1(6)7/h3-16,22,27-29,41H,17-21,35H2,1-2H3,(H2,36,43)(H,37,44)(H,38,45)(H,39,46)(H,47,48);(H,6,7)/t22-,27-,28-,29-;/m0./s1. The predicted octanol–water partition coefficient (Wildman–Crippen LogP) is 0.890. The fourth-order valence-corrected chi connectivity index (χ4v) is 5.35. The highest BCUT2D eigenvalue weighted by molar-refractivity contribution is 7.47. The molecule has 3 aromatic carbocycles. The number of aromatic hydroxyl groups is 1. The molecule has 0 aliphatic heterocycles. The molecule has 18 nitrogen and oxygen atoms in total. The number of phosphoric acid groups is 1. The van der Waals surface area contributed by atoms with Gasteiger partial charge in [-0.15, -0.1) is 0 Å². The molecule has 0 spiro atoms. The number of nitrogens with zero attached hydrogens (tertiary/aromatic N) is 1. The van der Waals surface area contributed by atoms with Crippen molar-refractivity contribution in [2.45, 2.75) is 56.7 Å². The average molecular weight is 841 g/mol. The molecule has 0 saturated carbocycles. The number of rotatable bonds is 19. The van der Waals surface area contributed by atoms with Crippen LogP contribution < -0.4 is 27.4 Å². The Morgan fingerprint density at radius 3 is 1.84 bits per heavy atom. The van der Waals surface area contributed by atoms with Crippen LogP contribution in [0.4, 0.5) is 13.2 Å². The second-order valence-corrected chi connectivity index (χ2v) is 13.9. The first-order valence-corrected chi connectivity index (χ1v) is 18.6. The number of carbonyl (C=O) groups excluding carboxylic acids is 5. The lowest BCUT2D eigenvalue weighted by Crippen LogP contribution is -2.57. The van der Waals surface area contributed by atoms with E-state index in [0.717, 1.165) is 4.90 Å². The van der Waals surface area contributed by atoms with Crippen LogP contribution in [0, 0.1) is 0 Å². The minimum Gasteiger partial charge on any atom is -0.508 e. The van der Waals surface area contributed by atoms with Gasteiger partial charge in [0.2, 0.25) is 29.5 Å². The Balaban J connectivity index is 0.00000151. The first-order chi connectivity index (χ1) is 27.1. The van der Waals surface area contributed by atoms with E-state index in [-0.39, 0.29) is 25.2 Å². The van der Waals surface area contributed by atoms with E-state index in [4.69, 9.17) is 30.4 Å². The zero-order valence-electron chi connectivity index (χ0n) is 31.1. The summed E-state index contributed by atoms with van der Waals surface area (Å²) in [4.78, 5) is 84.4. The Morgan fingerprint density at radius 2 is 1.33 bits per heavy atom. The third-order valence-electron chi connectivity index (χ3n) is 7.87. The van der Waals surface area contributed by atoms with Crippen molar-refractivity contribution in [3.8, 4) is 5.75 Å². The fourth-order valence-electron chi connectivity index (χ4n) is 4.62. The summed E-state index contributed by atoms with van der Waals surface area (Å²) in [5, 5.41) is 23.8. The summed E-state index contributed by atoms with van der Waals surface area (Å²) in [5.74, 6) is -6.60. The van der Waals surface area contributed by atoms with Crippen molar-refractivity contribution in [2.75, 3.05) is 20.2 Å². The topological polar surface area (TPSA) is 290 Å². The number of carboxylic acid groups (broad SMARTS) is 1. The van der Waals surface area contributed by atoms with Crippen LogP contribution in [0.1, 0.15) is 23.6 Å². The number of hydrogen-bond acceptors (Lipinski definition) is 11. The van der Waals surface area contributed by atoms with Crippen molar-refractivity contribution in [2.24, 2.45) is 11.5 Å². The lowest BCUT2D eigenvalue weighted by Gasteiger charge is -2.29. The molecule has 10 N–H and O–H groups in total. The van der Waals surface area contributed by atoms with Crippen LogP contribution in [0.15, 0.2) is 84.9 Å². The van der Waals surface area contributed by atoms with Gasteiger partial charge in [0.15, 0.2) is 0 Å². The second-order valence-electron chi connectivity index (χ2n) is 12.4. The predicted molar refractivity (Wildman–Crippen MR) is 199 cm³/mol. The van der Waals surface area contributed by atoms with Crippen LogP contribution in [0.5, 0.6) is 5.75 Å². The molecule has 3 aromatic rings. The molecule has 0 aliphatic carbocycles. The third kappa shape index (κ3) is 17.5. The summed E-state index contributed by atoms with van der Waals surface area (Å²) >= 11 is 0. The molecule has 1 unspecified atom stereocenters. The first-order valence-electron chi connectivity index (χ1n) is 17.1. The van der Waals surface area contributed by atoms with E-state index in [0.29, 0.717) is 16.7 Å². The lowest BCUT2D eigenvalue weighted by atomic mass is 10.0. The van der Waals surface area contributed by atoms with Gasteiger partial charge in [0.25, 0.3) is 0 Å². The van der Waals surface area contributed by atoms with Crippen molar-refractivity contribution in [3.63, 3.8) is 0 Å². The number of benzene rings is 3. The number of phosphoric ester groups is 1. The molecule has 0 aromatic heterocycles. The highest BCUT2D eigenvalue weighted by atomic mass is 31.2. The Labute approximate surface area is 330 Å². The summed E-state index contributed by atoms with van der Waals surface area (Å²) in [6, 6.07) is 18.5. The number of halogens is 3. The van der Waals surface area contributed by atoms with E-state index in [2.05, 4.69) is 16.0 Å². The maximum atomic E-state index is 13.5. The molecule has 0 saturated heterocycles. The number of primary amides is 1. The molecule has 0 aliphatic rings. The van der Waals surface area contributed by atoms with Gasteiger partial charge in [-0.3, -0.25) is 33.0 Å². The SMILES string of the molecule is C[C@H](NC(=O)[C@@H](N)Cc1ccc(O)cc1)C(=O)NCC(=O)N(C)[C@@H](Cc1ccccc1)C(=O)N[C@@H](COP(=O)(O)OCc1ccccc1)C(N)=O.O=C(O)C(F)(F)F. The van der Waals surface area contributed by atoms with Crippen LogP contribution in [0.2, 0.25) is 0 Å². The molecule has 0 radical (unpaired) electrons. The van der Waals surface area contributed by atoms with E-state index in [9.17, 15) is 51.7 Å². The number of phenolic OH excluding ortho intramolecular Hbond substituents is 1. The minimum absolute atomic E-state index is 0.0146. The summed E-state index contributed by atoms with van der Waals surface area (Å²) in [5.41, 5.74) is 13.4. The number of carboxylic acids is 1. The molecule has 316 valence electrons. The maximum Gasteiger partial charge on any atom is 0.490 e. The van der Waals surface area contributed by atoms with Gasteiger partial charge in [-0.2, -0.15) is 13.2 Å². The molecular formula is C36H44F3N6O12P. The number of hydrogen-bond donors (Lipinski definition) is 8. The van der Waals surface area contributed by atoms with Crippen LogP contribution in [0.25, 0.3) is 0 Å². The molecule has 5 atom stereocenters. The molecule has 22 heteroatoms. The molecule has 58 heavy (non-hydrogen) atoms. The van der Waals surface area contributed by atoms with Gasteiger partial charge >= 0.3 is 20.0 Å². The first kappa shape index (κ1) is 48.3. The van der Waals surface area contributed by atoms with Gasteiger partial charge in [0.05, 0.1) is 25.8 Å². The van der Waals surface area contributed by atoms with Crippen LogP contribution >= 0.6 is 7.82 Å². The lowest BCUT2D eigenvalue weighted by molar-refractivity contribution is -0.192. The van der Waals surface area contributed by atoms with E-state index in [1.807, 2.05) is 0 Å². The molecular weight excluding hydrogens is 796 g/mol. The number of aliphatic carboxylic acids is 1. The zero-order valence-corrected chi connectivity index (χ0v) is 32.0. The zero-order chi connectivity index (χ0) is 43.6. The monoisotopic (exact) mass is 840 g/mol. The summed E-state index contributed by atoms with van der Waals surface area (Å²) < 4.78 is 54.1. The molecule has 5 amide bonds. The molecule has 0 heterocycles. The largest absolute Gasteiger partial charge is 0.508 e. The van der Waals surface area contributed by atoms with Gasteiger partial charge < -0.3 is 47.4 Å². The third-order valence-corrected chi connectivity index (χ3v) is 8.80. The van der Waals surface area contributed by atoms with Crippen LogP contribution in [-0.4, -0.2) is 106 Å². The van der Waals surface area contributed by atoms with Gasteiger partial charge in [0.1, 0.15) is 23.9 Å². The Kier molecular flexibility index (Phi) is 19.0. The van der Waals surface area contributed by atoms with Gasteiger partial charge in [0, 0.05) is 13.5 Å². The number of amides is 5. The number of nitrogens with one attached hydrogen (secondary N) is 3. The van der Waals surface area contributed by atoms with Gasteiger partial charge in [-0.1, -0.05) is 72.8 Å². The average Bonchev–Trinajstić information content (AvgIpc) is 3.17. The number of nitrogens with two attached hydrogens (primary N) is 2. The highest BCUT2D eigenvalue weighted by Crippen LogP contribution is 2.44. The van der Waals surface area contributed by atoms with Crippen LogP contribution in [0.3, 0.4) is 0 Å². The summed E-state index contributed by atoms with van der Waals surface area (Å²) in [7, 11) is -3.35. The minimum atomic E-state index is -5.08. The van der Waals surface area contributed by atoms with E-state index < -0.39 is 86.8 Å². The molecule has 0 fully saturated rings. The van der Waals surface area contributed by atoms with Crippen molar-refractivity contribution in [1.29, 1.82) is 0 Å². The normalized spacial score (nSPS) is 14.1. The van der Waals surface area contributed by atoms with E-state index in [1.165, 1.54) is 26.1 Å². The number of alkyl halides is 3. The maximum absolute atomic E-state index is 13.5. The smallest absolute Gasteiger partial charge is 0.490 e. The van der Waals surface area contributed by atoms with Crippen LogP contribution in [-0.2, 0) is 61.8 Å². The molecule has 3 rings (SSSR count). The van der Waals surface area contributed by atoms with Gasteiger partial charge in [-0.25, -0.2) is 9.36 Å². The number of phenols is 1. The molecule has 0 bridgehead atoms. The number of likely N-dealkylation sites (N-methyl/N-ethyl adjacent to an activating group) is 1.